The largest absolute Gasteiger partial charge is 0.357 e. The summed E-state index contributed by atoms with van der Waals surface area (Å²) in [6, 6.07) is 7.70. The number of fused-ring (bicyclic) bond motifs is 1. The van der Waals surface area contributed by atoms with E-state index in [1.54, 1.807) is 0 Å². The van der Waals surface area contributed by atoms with Gasteiger partial charge in [0.25, 0.3) is 0 Å². The summed E-state index contributed by atoms with van der Waals surface area (Å²) in [4.78, 5) is 15.4. The molecule has 3 aromatic rings. The lowest BCUT2D eigenvalue weighted by Crippen LogP contribution is -1.87. The molecule has 0 aliphatic heterocycles. The molecule has 0 amide bonds. The molecule has 0 fully saturated rings. The highest BCUT2D eigenvalue weighted by atomic mass is 16.1. The van der Waals surface area contributed by atoms with Crippen LogP contribution in [-0.4, -0.2) is 20.2 Å². The van der Waals surface area contributed by atoms with E-state index in [2.05, 4.69) is 4.98 Å². The molecule has 0 bridgehead atoms. The van der Waals surface area contributed by atoms with Gasteiger partial charge in [0.1, 0.15) is 11.5 Å². The molecular formula is C13H11N3O. The van der Waals surface area contributed by atoms with Gasteiger partial charge in [0, 0.05) is 31.2 Å². The summed E-state index contributed by atoms with van der Waals surface area (Å²) < 4.78 is 3.89. The fraction of sp³-hybridized carbons (Fsp3) is 0.0769. The van der Waals surface area contributed by atoms with Gasteiger partial charge in [0.2, 0.25) is 0 Å². The number of aromatic nitrogens is 3. The van der Waals surface area contributed by atoms with Gasteiger partial charge in [-0.2, -0.15) is 0 Å². The zero-order chi connectivity index (χ0) is 11.8. The van der Waals surface area contributed by atoms with E-state index in [1.165, 1.54) is 0 Å². The van der Waals surface area contributed by atoms with Gasteiger partial charge >= 0.3 is 0 Å². The van der Waals surface area contributed by atoms with Crippen molar-refractivity contribution >= 4 is 11.8 Å². The molecule has 0 aromatic carbocycles. The zero-order valence-electron chi connectivity index (χ0n) is 9.37. The van der Waals surface area contributed by atoms with Crippen molar-refractivity contribution in [2.24, 2.45) is 7.05 Å². The van der Waals surface area contributed by atoms with Gasteiger partial charge < -0.3 is 4.57 Å². The average molecular weight is 225 g/mol. The van der Waals surface area contributed by atoms with Crippen molar-refractivity contribution in [1.82, 2.24) is 14.0 Å². The Balaban J connectivity index is 2.33. The van der Waals surface area contributed by atoms with Crippen LogP contribution in [0.1, 0.15) is 10.5 Å². The molecule has 3 heterocycles. The number of carbonyl (C=O) groups excluding carboxylic acids is 1. The first kappa shape index (κ1) is 9.84. The normalized spacial score (nSPS) is 10.9. The number of hydrogen-bond donors (Lipinski definition) is 0. The van der Waals surface area contributed by atoms with Crippen LogP contribution in [0.25, 0.3) is 16.9 Å². The lowest BCUT2D eigenvalue weighted by Gasteiger charge is -1.97. The fourth-order valence-electron chi connectivity index (χ4n) is 1.99. The molecule has 84 valence electrons. The minimum absolute atomic E-state index is 0.476. The highest BCUT2D eigenvalue weighted by Crippen LogP contribution is 2.21. The predicted octanol–water partition coefficient (Wildman–Crippen LogP) is 2.15. The van der Waals surface area contributed by atoms with Gasteiger partial charge in [-0.3, -0.25) is 9.20 Å². The van der Waals surface area contributed by atoms with Crippen LogP contribution in [0.5, 0.6) is 0 Å². The van der Waals surface area contributed by atoms with Crippen molar-refractivity contribution in [3.8, 4) is 11.4 Å². The molecule has 0 saturated carbocycles. The summed E-state index contributed by atoms with van der Waals surface area (Å²) in [5.74, 6) is 0.795. The topological polar surface area (TPSA) is 39.3 Å². The van der Waals surface area contributed by atoms with Gasteiger partial charge in [0.05, 0.1) is 5.52 Å². The van der Waals surface area contributed by atoms with Crippen LogP contribution in [0.2, 0.25) is 0 Å². The monoisotopic (exact) mass is 225 g/mol. The molecule has 0 aliphatic carbocycles. The zero-order valence-corrected chi connectivity index (χ0v) is 9.37. The molecule has 3 rings (SSSR count). The molecule has 4 nitrogen and oxygen atoms in total. The first-order valence-corrected chi connectivity index (χ1v) is 5.34. The third kappa shape index (κ3) is 1.45. The lowest BCUT2D eigenvalue weighted by atomic mass is 10.3. The minimum Gasteiger partial charge on any atom is -0.357 e. The summed E-state index contributed by atoms with van der Waals surface area (Å²) in [5.41, 5.74) is 2.31. The van der Waals surface area contributed by atoms with Gasteiger partial charge in [-0.25, -0.2) is 4.98 Å². The summed E-state index contributed by atoms with van der Waals surface area (Å²) in [5, 5.41) is 0. The molecule has 0 spiro atoms. The van der Waals surface area contributed by atoms with Crippen LogP contribution in [0, 0.1) is 0 Å². The Labute approximate surface area is 98.1 Å². The Morgan fingerprint density at radius 1 is 1.24 bits per heavy atom. The van der Waals surface area contributed by atoms with E-state index < -0.39 is 0 Å². The Morgan fingerprint density at radius 2 is 2.12 bits per heavy atom. The Bertz CT molecular complexity index is 694. The average Bonchev–Trinajstić information content (AvgIpc) is 2.92. The van der Waals surface area contributed by atoms with Crippen molar-refractivity contribution in [3.05, 3.63) is 48.5 Å². The summed E-state index contributed by atoms with van der Waals surface area (Å²) in [6.07, 6.45) is 6.65. The Morgan fingerprint density at radius 3 is 2.82 bits per heavy atom. The number of pyridine rings is 1. The number of rotatable bonds is 2. The number of imidazole rings is 1. The maximum Gasteiger partial charge on any atom is 0.170 e. The summed E-state index contributed by atoms with van der Waals surface area (Å²) in [7, 11) is 1.96. The number of aldehydes is 1. The van der Waals surface area contributed by atoms with E-state index in [4.69, 9.17) is 0 Å². The molecule has 3 aromatic heterocycles. The van der Waals surface area contributed by atoms with Crippen LogP contribution < -0.4 is 0 Å². The maximum absolute atomic E-state index is 11.0. The second kappa shape index (κ2) is 3.59. The second-order valence-corrected chi connectivity index (χ2v) is 3.96. The number of aryl methyl sites for hydroxylation is 1. The molecule has 0 N–H and O–H groups in total. The van der Waals surface area contributed by atoms with Crippen LogP contribution in [-0.2, 0) is 7.05 Å². The second-order valence-electron chi connectivity index (χ2n) is 3.96. The lowest BCUT2D eigenvalue weighted by molar-refractivity contribution is 0.112. The van der Waals surface area contributed by atoms with Crippen molar-refractivity contribution in [3.63, 3.8) is 0 Å². The van der Waals surface area contributed by atoms with E-state index in [0.29, 0.717) is 5.69 Å². The Kier molecular flexibility index (Phi) is 2.08. The smallest absolute Gasteiger partial charge is 0.170 e. The molecule has 0 aliphatic rings. The van der Waals surface area contributed by atoms with E-state index in [0.717, 1.165) is 23.2 Å². The van der Waals surface area contributed by atoms with Crippen LogP contribution in [0.4, 0.5) is 0 Å². The van der Waals surface area contributed by atoms with E-state index in [-0.39, 0.29) is 0 Å². The van der Waals surface area contributed by atoms with Gasteiger partial charge in [-0.05, 0) is 18.2 Å². The van der Waals surface area contributed by atoms with E-state index in [9.17, 15) is 4.79 Å². The van der Waals surface area contributed by atoms with Gasteiger partial charge in [0.15, 0.2) is 6.29 Å². The molecular weight excluding hydrogens is 214 g/mol. The SMILES string of the molecule is Cn1ccc(-c2nc(C=O)c3ccccn23)c1. The number of hydrogen-bond acceptors (Lipinski definition) is 2. The van der Waals surface area contributed by atoms with Crippen LogP contribution >= 0.6 is 0 Å². The van der Waals surface area contributed by atoms with Gasteiger partial charge in [-0.15, -0.1) is 0 Å². The number of carbonyl (C=O) groups is 1. The fourth-order valence-corrected chi connectivity index (χ4v) is 1.99. The van der Waals surface area contributed by atoms with Gasteiger partial charge in [-0.1, -0.05) is 6.07 Å². The summed E-state index contributed by atoms with van der Waals surface area (Å²) >= 11 is 0. The van der Waals surface area contributed by atoms with Crippen molar-refractivity contribution in [2.45, 2.75) is 0 Å². The molecule has 0 saturated heterocycles. The summed E-state index contributed by atoms with van der Waals surface area (Å²) in [6.45, 7) is 0. The molecule has 17 heavy (non-hydrogen) atoms. The van der Waals surface area contributed by atoms with Crippen molar-refractivity contribution < 1.29 is 4.79 Å². The Hall–Kier alpha value is -2.36. The third-order valence-electron chi connectivity index (χ3n) is 2.78. The predicted molar refractivity (Wildman–Crippen MR) is 65.0 cm³/mol. The quantitative estimate of drug-likeness (QED) is 0.627. The van der Waals surface area contributed by atoms with Crippen LogP contribution in [0.15, 0.2) is 42.9 Å². The third-order valence-corrected chi connectivity index (χ3v) is 2.78. The standard InChI is InChI=1S/C13H11N3O/c1-15-7-5-10(8-15)13-14-11(9-17)12-4-2-3-6-16(12)13/h2-9H,1H3. The first-order chi connectivity index (χ1) is 8.29. The molecule has 0 unspecified atom stereocenters. The minimum atomic E-state index is 0.476. The first-order valence-electron chi connectivity index (χ1n) is 5.34. The van der Waals surface area contributed by atoms with Crippen LogP contribution in [0.3, 0.4) is 0 Å². The highest BCUT2D eigenvalue weighted by molar-refractivity contribution is 5.85. The molecule has 4 heteroatoms. The number of nitrogens with zero attached hydrogens (tertiary/aromatic N) is 3. The maximum atomic E-state index is 11.0. The molecule has 0 atom stereocenters. The van der Waals surface area contributed by atoms with E-state index >= 15 is 0 Å². The highest BCUT2D eigenvalue weighted by Gasteiger charge is 2.11. The van der Waals surface area contributed by atoms with E-state index in [1.807, 2.05) is 58.9 Å². The van der Waals surface area contributed by atoms with Crippen molar-refractivity contribution in [1.29, 1.82) is 0 Å². The molecule has 0 radical (unpaired) electrons. The van der Waals surface area contributed by atoms with Crippen molar-refractivity contribution in [2.75, 3.05) is 0 Å².